The molecule has 23 heavy (non-hydrogen) atoms. The molecule has 4 nitrogen and oxygen atoms in total. The number of nitrogens with two attached hydrogens (primary N) is 1. The molecule has 1 aromatic carbocycles. The van der Waals surface area contributed by atoms with Gasteiger partial charge in [0.2, 0.25) is 0 Å². The highest BCUT2D eigenvalue weighted by Gasteiger charge is 2.27. The van der Waals surface area contributed by atoms with Crippen LogP contribution in [0.25, 0.3) is 11.3 Å². The molecule has 1 fully saturated rings. The minimum Gasteiger partial charge on any atom is -0.451 e. The predicted octanol–water partition coefficient (Wildman–Crippen LogP) is 3.96. The molecule has 122 valence electrons. The number of nitrogens with zero attached hydrogens (tertiary/aromatic N) is 1. The van der Waals surface area contributed by atoms with E-state index in [-0.39, 0.29) is 5.91 Å². The van der Waals surface area contributed by atoms with Crippen molar-refractivity contribution in [3.8, 4) is 11.3 Å². The first-order valence-corrected chi connectivity index (χ1v) is 8.19. The molecule has 0 unspecified atom stereocenters. The van der Waals surface area contributed by atoms with Gasteiger partial charge in [0.15, 0.2) is 5.76 Å². The number of furan rings is 1. The van der Waals surface area contributed by atoms with Crippen LogP contribution in [0.4, 0.5) is 5.69 Å². The van der Waals surface area contributed by atoms with Crippen LogP contribution in [0.1, 0.15) is 36.4 Å². The van der Waals surface area contributed by atoms with Crippen LogP contribution in [0, 0.1) is 18.8 Å². The van der Waals surface area contributed by atoms with Crippen molar-refractivity contribution < 1.29 is 9.21 Å². The molecule has 1 aliphatic heterocycles. The first kappa shape index (κ1) is 15.7. The minimum atomic E-state index is -0.0174. The third-order valence-corrected chi connectivity index (χ3v) is 4.50. The quantitative estimate of drug-likeness (QED) is 0.854. The van der Waals surface area contributed by atoms with Gasteiger partial charge in [-0.25, -0.2) is 0 Å². The van der Waals surface area contributed by atoms with Crippen molar-refractivity contribution in [1.82, 2.24) is 4.90 Å². The van der Waals surface area contributed by atoms with Crippen LogP contribution in [0.3, 0.4) is 0 Å². The Hall–Kier alpha value is -2.23. The van der Waals surface area contributed by atoms with Gasteiger partial charge in [-0.1, -0.05) is 19.9 Å². The summed E-state index contributed by atoms with van der Waals surface area (Å²) in [5.74, 6) is 2.15. The molecule has 1 aromatic heterocycles. The number of piperidine rings is 1. The van der Waals surface area contributed by atoms with Gasteiger partial charge in [0.1, 0.15) is 5.76 Å². The molecule has 0 aliphatic carbocycles. The van der Waals surface area contributed by atoms with E-state index in [9.17, 15) is 4.79 Å². The van der Waals surface area contributed by atoms with Gasteiger partial charge in [-0.2, -0.15) is 0 Å². The van der Waals surface area contributed by atoms with E-state index in [4.69, 9.17) is 10.2 Å². The van der Waals surface area contributed by atoms with Crippen LogP contribution in [-0.2, 0) is 0 Å². The molecule has 0 bridgehead atoms. The summed E-state index contributed by atoms with van der Waals surface area (Å²) >= 11 is 0. The van der Waals surface area contributed by atoms with Gasteiger partial charge in [-0.05, 0) is 55.0 Å². The van der Waals surface area contributed by atoms with E-state index in [0.29, 0.717) is 29.0 Å². The average Bonchev–Trinajstić information content (AvgIpc) is 2.97. The third kappa shape index (κ3) is 3.26. The molecule has 4 heteroatoms. The number of likely N-dealkylation sites (tertiary alicyclic amines) is 1. The van der Waals surface area contributed by atoms with E-state index in [2.05, 4.69) is 13.8 Å². The fourth-order valence-corrected chi connectivity index (χ4v) is 3.49. The fourth-order valence-electron chi connectivity index (χ4n) is 3.49. The molecule has 2 atom stereocenters. The number of aryl methyl sites for hydroxylation is 1. The highest BCUT2D eigenvalue weighted by molar-refractivity contribution is 5.92. The van der Waals surface area contributed by atoms with Gasteiger partial charge in [0.25, 0.3) is 5.91 Å². The van der Waals surface area contributed by atoms with Crippen LogP contribution in [0.15, 0.2) is 34.7 Å². The molecule has 1 saturated heterocycles. The van der Waals surface area contributed by atoms with E-state index in [0.717, 1.165) is 24.2 Å². The Morgan fingerprint density at radius 3 is 2.57 bits per heavy atom. The highest BCUT2D eigenvalue weighted by atomic mass is 16.4. The molecule has 1 aliphatic rings. The summed E-state index contributed by atoms with van der Waals surface area (Å²) in [6, 6.07) is 9.33. The molecule has 0 radical (unpaired) electrons. The van der Waals surface area contributed by atoms with Crippen LogP contribution in [0.2, 0.25) is 0 Å². The number of amides is 1. The number of hydrogen-bond acceptors (Lipinski definition) is 3. The minimum absolute atomic E-state index is 0.0174. The molecule has 0 spiro atoms. The average molecular weight is 312 g/mol. The molecular weight excluding hydrogens is 288 g/mol. The Morgan fingerprint density at radius 2 is 1.87 bits per heavy atom. The van der Waals surface area contributed by atoms with Crippen molar-refractivity contribution >= 4 is 11.6 Å². The number of carbonyl (C=O) groups is 1. The summed E-state index contributed by atoms with van der Waals surface area (Å²) < 4.78 is 5.84. The van der Waals surface area contributed by atoms with E-state index in [1.165, 1.54) is 6.42 Å². The number of hydrogen-bond donors (Lipinski definition) is 1. The third-order valence-electron chi connectivity index (χ3n) is 4.50. The lowest BCUT2D eigenvalue weighted by molar-refractivity contribution is 0.0592. The van der Waals surface area contributed by atoms with Gasteiger partial charge in [0.05, 0.1) is 0 Å². The van der Waals surface area contributed by atoms with Crippen molar-refractivity contribution in [3.63, 3.8) is 0 Å². The topological polar surface area (TPSA) is 59.5 Å². The SMILES string of the molecule is Cc1ccc(N)cc1-c1ccc(C(=O)N2C[C@@H](C)C[C@H](C)C2)o1. The monoisotopic (exact) mass is 312 g/mol. The van der Waals surface area contributed by atoms with Gasteiger partial charge >= 0.3 is 0 Å². The van der Waals surface area contributed by atoms with Crippen molar-refractivity contribution in [3.05, 3.63) is 41.7 Å². The molecule has 1 amide bonds. The fraction of sp³-hybridized carbons (Fsp3) is 0.421. The van der Waals surface area contributed by atoms with Crippen molar-refractivity contribution in [2.45, 2.75) is 27.2 Å². The Morgan fingerprint density at radius 1 is 1.17 bits per heavy atom. The Kier molecular flexibility index (Phi) is 4.16. The molecule has 2 N–H and O–H groups in total. The maximum Gasteiger partial charge on any atom is 0.289 e. The standard InChI is InChI=1S/C19H24N2O2/c1-12-8-13(2)11-21(10-12)19(22)18-7-6-17(23-18)16-9-15(20)5-4-14(16)3/h4-7,9,12-13H,8,10-11,20H2,1-3H3/t12-,13-/m0/s1. The molecule has 2 heterocycles. The summed E-state index contributed by atoms with van der Waals surface area (Å²) in [7, 11) is 0. The lowest BCUT2D eigenvalue weighted by Gasteiger charge is -2.34. The second-order valence-corrected chi connectivity index (χ2v) is 6.89. The summed E-state index contributed by atoms with van der Waals surface area (Å²) in [6.07, 6.45) is 1.18. The molecule has 0 saturated carbocycles. The zero-order valence-corrected chi connectivity index (χ0v) is 14.0. The lowest BCUT2D eigenvalue weighted by Crippen LogP contribution is -2.42. The van der Waals surface area contributed by atoms with Crippen molar-refractivity contribution in [1.29, 1.82) is 0 Å². The van der Waals surface area contributed by atoms with E-state index in [1.54, 1.807) is 6.07 Å². The Bertz CT molecular complexity index is 710. The summed E-state index contributed by atoms with van der Waals surface area (Å²) in [6.45, 7) is 8.00. The largest absolute Gasteiger partial charge is 0.451 e. The van der Waals surface area contributed by atoms with Crippen LogP contribution in [-0.4, -0.2) is 23.9 Å². The van der Waals surface area contributed by atoms with E-state index in [1.807, 2.05) is 36.1 Å². The maximum absolute atomic E-state index is 12.7. The van der Waals surface area contributed by atoms with Crippen molar-refractivity contribution in [2.75, 3.05) is 18.8 Å². The van der Waals surface area contributed by atoms with Crippen LogP contribution >= 0.6 is 0 Å². The first-order valence-electron chi connectivity index (χ1n) is 8.19. The zero-order chi connectivity index (χ0) is 16.6. The van der Waals surface area contributed by atoms with Gasteiger partial charge in [0, 0.05) is 24.3 Å². The van der Waals surface area contributed by atoms with E-state index >= 15 is 0 Å². The highest BCUT2D eigenvalue weighted by Crippen LogP contribution is 2.29. The number of carbonyl (C=O) groups excluding carboxylic acids is 1. The number of nitrogen functional groups attached to an aromatic ring is 1. The smallest absolute Gasteiger partial charge is 0.289 e. The van der Waals surface area contributed by atoms with Crippen molar-refractivity contribution in [2.24, 2.45) is 11.8 Å². The van der Waals surface area contributed by atoms with Gasteiger partial charge in [-0.15, -0.1) is 0 Å². The van der Waals surface area contributed by atoms with Gasteiger partial charge < -0.3 is 15.1 Å². The number of rotatable bonds is 2. The van der Waals surface area contributed by atoms with Crippen LogP contribution in [0.5, 0.6) is 0 Å². The zero-order valence-electron chi connectivity index (χ0n) is 14.0. The predicted molar refractivity (Wildman–Crippen MR) is 92.1 cm³/mol. The van der Waals surface area contributed by atoms with Gasteiger partial charge in [-0.3, -0.25) is 4.79 Å². The Balaban J connectivity index is 1.84. The second kappa shape index (κ2) is 6.11. The summed E-state index contributed by atoms with van der Waals surface area (Å²) in [4.78, 5) is 14.6. The maximum atomic E-state index is 12.7. The molecule has 3 rings (SSSR count). The summed E-state index contributed by atoms with van der Waals surface area (Å²) in [5.41, 5.74) is 8.56. The first-order chi connectivity index (χ1) is 10.9. The number of anilines is 1. The van der Waals surface area contributed by atoms with Crippen LogP contribution < -0.4 is 5.73 Å². The lowest BCUT2D eigenvalue weighted by atomic mass is 9.92. The Labute approximate surface area is 137 Å². The normalized spacial score (nSPS) is 21.4. The van der Waals surface area contributed by atoms with E-state index < -0.39 is 0 Å². The molecular formula is C19H24N2O2. The number of benzene rings is 1. The second-order valence-electron chi connectivity index (χ2n) is 6.89. The molecule has 2 aromatic rings. The summed E-state index contributed by atoms with van der Waals surface area (Å²) in [5, 5.41) is 0.